The highest BCUT2D eigenvalue weighted by Crippen LogP contribution is 2.27. The molecular weight excluding hydrogens is 404 g/mol. The molecule has 158 valence electrons. The lowest BCUT2D eigenvalue weighted by Crippen LogP contribution is -2.28. The third-order valence-electron chi connectivity index (χ3n) is 4.64. The molecule has 1 saturated heterocycles. The Hall–Kier alpha value is -3.00. The molecule has 2 aromatic carbocycles. The van der Waals surface area contributed by atoms with Gasteiger partial charge in [-0.3, -0.25) is 14.4 Å². The molecule has 2 aromatic rings. The van der Waals surface area contributed by atoms with Crippen LogP contribution in [0.1, 0.15) is 13.3 Å². The fourth-order valence-corrected chi connectivity index (χ4v) is 3.54. The summed E-state index contributed by atoms with van der Waals surface area (Å²) >= 11 is 1.61. The van der Waals surface area contributed by atoms with E-state index in [1.165, 1.54) is 0 Å². The molecule has 1 aliphatic heterocycles. The molecule has 3 rings (SSSR count). The van der Waals surface area contributed by atoms with Gasteiger partial charge in [0.2, 0.25) is 5.91 Å². The molecule has 1 heterocycles. The molecule has 0 radical (unpaired) electrons. The van der Waals surface area contributed by atoms with E-state index in [-0.39, 0.29) is 18.9 Å². The number of hydrogen-bond acceptors (Lipinski definition) is 6. The van der Waals surface area contributed by atoms with E-state index < -0.39 is 24.4 Å². The second kappa shape index (κ2) is 10.2. The Morgan fingerprint density at radius 2 is 1.83 bits per heavy atom. The number of thioether (sulfide) groups is 1. The average molecular weight is 429 g/mol. The number of carbonyl (C=O) groups excluding carboxylic acids is 3. The number of carbonyl (C=O) groups is 3. The van der Waals surface area contributed by atoms with Crippen LogP contribution < -0.4 is 15.0 Å². The van der Waals surface area contributed by atoms with Crippen molar-refractivity contribution in [2.75, 3.05) is 36.2 Å². The van der Waals surface area contributed by atoms with Gasteiger partial charge in [0.15, 0.2) is 6.61 Å². The Bertz CT molecular complexity index is 899. The fraction of sp³-hybridized carbons (Fsp3) is 0.318. The summed E-state index contributed by atoms with van der Waals surface area (Å²) in [5.41, 5.74) is 1.33. The predicted octanol–water partition coefficient (Wildman–Crippen LogP) is 3.34. The molecule has 2 amide bonds. The first-order chi connectivity index (χ1) is 14.5. The maximum absolute atomic E-state index is 12.3. The van der Waals surface area contributed by atoms with Gasteiger partial charge in [-0.1, -0.05) is 0 Å². The maximum Gasteiger partial charge on any atom is 0.311 e. The van der Waals surface area contributed by atoms with Crippen LogP contribution in [0.2, 0.25) is 0 Å². The Morgan fingerprint density at radius 1 is 1.13 bits per heavy atom. The smallest absolute Gasteiger partial charge is 0.311 e. The quantitative estimate of drug-likeness (QED) is 0.513. The standard InChI is InChI=1S/C22H24N2O5S/c1-3-28-18-8-6-17(7-9-18)24-13-15(12-21(24)26)22(27)29-14-20(25)23-16-4-10-19(30-2)11-5-16/h4-11,15H,3,12-14H2,1-2H3,(H,23,25). The first kappa shape index (κ1) is 21.7. The van der Waals surface area contributed by atoms with Crippen molar-refractivity contribution in [2.45, 2.75) is 18.2 Å². The van der Waals surface area contributed by atoms with Crippen molar-refractivity contribution >= 4 is 40.9 Å². The highest BCUT2D eigenvalue weighted by atomic mass is 32.2. The largest absolute Gasteiger partial charge is 0.494 e. The van der Waals surface area contributed by atoms with Gasteiger partial charge in [0.05, 0.1) is 12.5 Å². The summed E-state index contributed by atoms with van der Waals surface area (Å²) in [6.45, 7) is 2.29. The number of nitrogens with one attached hydrogen (secondary N) is 1. The third-order valence-corrected chi connectivity index (χ3v) is 5.38. The fourth-order valence-electron chi connectivity index (χ4n) is 3.13. The molecule has 30 heavy (non-hydrogen) atoms. The first-order valence-electron chi connectivity index (χ1n) is 9.64. The number of ether oxygens (including phenoxy) is 2. The number of esters is 1. The van der Waals surface area contributed by atoms with Gasteiger partial charge >= 0.3 is 5.97 Å². The van der Waals surface area contributed by atoms with Crippen LogP contribution in [0.5, 0.6) is 5.75 Å². The van der Waals surface area contributed by atoms with Crippen molar-refractivity contribution in [3.63, 3.8) is 0 Å². The van der Waals surface area contributed by atoms with E-state index in [2.05, 4.69) is 5.32 Å². The molecule has 8 heteroatoms. The lowest BCUT2D eigenvalue weighted by molar-refractivity contribution is -0.151. The monoisotopic (exact) mass is 428 g/mol. The number of nitrogens with zero attached hydrogens (tertiary/aromatic N) is 1. The first-order valence-corrected chi connectivity index (χ1v) is 10.9. The Morgan fingerprint density at radius 3 is 2.47 bits per heavy atom. The zero-order valence-electron chi connectivity index (χ0n) is 16.9. The SMILES string of the molecule is CCOc1ccc(N2CC(C(=O)OCC(=O)Nc3ccc(SC)cc3)CC2=O)cc1. The lowest BCUT2D eigenvalue weighted by Gasteiger charge is -2.17. The summed E-state index contributed by atoms with van der Waals surface area (Å²) in [6.07, 6.45) is 2.03. The third kappa shape index (κ3) is 5.54. The van der Waals surface area contributed by atoms with E-state index in [9.17, 15) is 14.4 Å². The molecular formula is C22H24N2O5S. The number of hydrogen-bond donors (Lipinski definition) is 1. The molecule has 0 bridgehead atoms. The molecule has 7 nitrogen and oxygen atoms in total. The van der Waals surface area contributed by atoms with Crippen LogP contribution in [0.3, 0.4) is 0 Å². The number of benzene rings is 2. The summed E-state index contributed by atoms with van der Waals surface area (Å²) in [7, 11) is 0. The molecule has 0 saturated carbocycles. The van der Waals surface area contributed by atoms with Gasteiger partial charge < -0.3 is 19.7 Å². The van der Waals surface area contributed by atoms with Crippen LogP contribution in [-0.2, 0) is 19.1 Å². The van der Waals surface area contributed by atoms with Gasteiger partial charge in [-0.15, -0.1) is 11.8 Å². The van der Waals surface area contributed by atoms with E-state index >= 15 is 0 Å². The number of amides is 2. The van der Waals surface area contributed by atoms with Gasteiger partial charge in [0.1, 0.15) is 5.75 Å². The van der Waals surface area contributed by atoms with Crippen LogP contribution in [0.4, 0.5) is 11.4 Å². The topological polar surface area (TPSA) is 84.9 Å². The minimum absolute atomic E-state index is 0.0593. The van der Waals surface area contributed by atoms with Crippen molar-refractivity contribution in [3.05, 3.63) is 48.5 Å². The minimum Gasteiger partial charge on any atom is -0.494 e. The molecule has 1 fully saturated rings. The van der Waals surface area contributed by atoms with Crippen molar-refractivity contribution < 1.29 is 23.9 Å². The molecule has 1 atom stereocenters. The minimum atomic E-state index is -0.599. The van der Waals surface area contributed by atoms with E-state index in [1.54, 1.807) is 53.1 Å². The van der Waals surface area contributed by atoms with E-state index in [0.717, 1.165) is 10.6 Å². The summed E-state index contributed by atoms with van der Waals surface area (Å²) in [5, 5.41) is 2.68. The van der Waals surface area contributed by atoms with Crippen molar-refractivity contribution in [1.29, 1.82) is 0 Å². The molecule has 0 spiro atoms. The van der Waals surface area contributed by atoms with Crippen LogP contribution >= 0.6 is 11.8 Å². The zero-order valence-corrected chi connectivity index (χ0v) is 17.7. The van der Waals surface area contributed by atoms with Gasteiger partial charge in [-0.05, 0) is 61.7 Å². The van der Waals surface area contributed by atoms with Crippen LogP contribution in [-0.4, -0.2) is 43.8 Å². The summed E-state index contributed by atoms with van der Waals surface area (Å²) < 4.78 is 10.5. The Kier molecular flexibility index (Phi) is 7.35. The number of rotatable bonds is 8. The highest BCUT2D eigenvalue weighted by Gasteiger charge is 2.36. The Balaban J connectivity index is 1.49. The van der Waals surface area contributed by atoms with Crippen molar-refractivity contribution in [3.8, 4) is 5.75 Å². The van der Waals surface area contributed by atoms with E-state index in [1.807, 2.05) is 25.3 Å². The summed E-state index contributed by atoms with van der Waals surface area (Å²) in [4.78, 5) is 39.4. The lowest BCUT2D eigenvalue weighted by atomic mass is 10.1. The predicted molar refractivity (Wildman–Crippen MR) is 116 cm³/mol. The summed E-state index contributed by atoms with van der Waals surface area (Å²) in [5.74, 6) is -1.01. The van der Waals surface area contributed by atoms with Crippen LogP contribution in [0, 0.1) is 5.92 Å². The molecule has 1 N–H and O–H groups in total. The summed E-state index contributed by atoms with van der Waals surface area (Å²) in [6, 6.07) is 14.5. The molecule has 0 aromatic heterocycles. The van der Waals surface area contributed by atoms with Gasteiger partial charge in [-0.25, -0.2) is 0 Å². The second-order valence-corrected chi connectivity index (χ2v) is 7.60. The normalized spacial score (nSPS) is 15.7. The van der Waals surface area contributed by atoms with Gasteiger partial charge in [-0.2, -0.15) is 0 Å². The van der Waals surface area contributed by atoms with Crippen LogP contribution in [0.25, 0.3) is 0 Å². The van der Waals surface area contributed by atoms with E-state index in [4.69, 9.17) is 9.47 Å². The average Bonchev–Trinajstić information content (AvgIpc) is 3.15. The highest BCUT2D eigenvalue weighted by molar-refractivity contribution is 7.98. The molecule has 1 aliphatic rings. The second-order valence-electron chi connectivity index (χ2n) is 6.72. The molecule has 0 aliphatic carbocycles. The van der Waals surface area contributed by atoms with Crippen molar-refractivity contribution in [2.24, 2.45) is 5.92 Å². The van der Waals surface area contributed by atoms with Gasteiger partial charge in [0, 0.05) is 29.2 Å². The zero-order chi connectivity index (χ0) is 21.5. The maximum atomic E-state index is 12.3. The van der Waals surface area contributed by atoms with Crippen LogP contribution in [0.15, 0.2) is 53.4 Å². The van der Waals surface area contributed by atoms with Crippen molar-refractivity contribution in [1.82, 2.24) is 0 Å². The van der Waals surface area contributed by atoms with Gasteiger partial charge in [0.25, 0.3) is 5.91 Å². The van der Waals surface area contributed by atoms with E-state index in [0.29, 0.717) is 18.0 Å². The Labute approximate surface area is 179 Å². The molecule has 1 unspecified atom stereocenters. The number of anilines is 2.